The van der Waals surface area contributed by atoms with E-state index < -0.39 is 23.4 Å². The molecule has 0 aliphatic carbocycles. The van der Waals surface area contributed by atoms with Crippen LogP contribution in [0, 0.1) is 17.5 Å². The molecule has 22 heavy (non-hydrogen) atoms. The summed E-state index contributed by atoms with van der Waals surface area (Å²) >= 11 is 0. The first kappa shape index (κ1) is 15.7. The molecule has 2 aromatic rings. The molecule has 0 fully saturated rings. The van der Waals surface area contributed by atoms with Gasteiger partial charge in [-0.05, 0) is 38.1 Å². The van der Waals surface area contributed by atoms with E-state index in [1.165, 1.54) is 12.1 Å². The van der Waals surface area contributed by atoms with Gasteiger partial charge < -0.3 is 10.6 Å². The Morgan fingerprint density at radius 2 is 1.77 bits per heavy atom. The van der Waals surface area contributed by atoms with E-state index in [9.17, 15) is 18.0 Å². The van der Waals surface area contributed by atoms with Gasteiger partial charge in [0.25, 0.3) is 5.91 Å². The maximum absolute atomic E-state index is 13.5. The van der Waals surface area contributed by atoms with E-state index in [-0.39, 0.29) is 23.2 Å². The molecule has 0 atom stereocenters. The lowest BCUT2D eigenvalue weighted by Crippen LogP contribution is -2.30. The summed E-state index contributed by atoms with van der Waals surface area (Å²) in [5.41, 5.74) is -0.197. The number of carbonyl (C=O) groups excluding carboxylic acids is 1. The minimum Gasteiger partial charge on any atom is -0.348 e. The first-order valence-corrected chi connectivity index (χ1v) is 6.43. The predicted molar refractivity (Wildman–Crippen MR) is 74.2 cm³/mol. The van der Waals surface area contributed by atoms with E-state index >= 15 is 0 Å². The van der Waals surface area contributed by atoms with Gasteiger partial charge in [0, 0.05) is 6.04 Å². The van der Waals surface area contributed by atoms with Crippen LogP contribution in [0.4, 0.5) is 24.7 Å². The normalized spacial score (nSPS) is 10.6. The smallest absolute Gasteiger partial charge is 0.271 e. The second kappa shape index (κ2) is 6.42. The van der Waals surface area contributed by atoms with Gasteiger partial charge in [-0.15, -0.1) is 10.2 Å². The maximum atomic E-state index is 13.5. The zero-order chi connectivity index (χ0) is 16.3. The molecule has 5 nitrogen and oxygen atoms in total. The van der Waals surface area contributed by atoms with Gasteiger partial charge in [0.05, 0.1) is 5.69 Å². The first-order chi connectivity index (χ1) is 10.4. The second-order valence-electron chi connectivity index (χ2n) is 4.78. The van der Waals surface area contributed by atoms with Gasteiger partial charge in [-0.25, -0.2) is 13.2 Å². The van der Waals surface area contributed by atoms with Crippen LogP contribution in [-0.2, 0) is 0 Å². The summed E-state index contributed by atoms with van der Waals surface area (Å²) < 4.78 is 39.4. The van der Waals surface area contributed by atoms with Crippen LogP contribution >= 0.6 is 0 Å². The molecule has 2 rings (SSSR count). The quantitative estimate of drug-likeness (QED) is 0.852. The van der Waals surface area contributed by atoms with Crippen LogP contribution in [0.1, 0.15) is 24.3 Å². The van der Waals surface area contributed by atoms with Gasteiger partial charge in [0.2, 0.25) is 0 Å². The minimum atomic E-state index is -1.58. The van der Waals surface area contributed by atoms with E-state index in [1.54, 1.807) is 13.8 Å². The molecular weight excluding hydrogens is 297 g/mol. The van der Waals surface area contributed by atoms with Crippen LogP contribution in [0.25, 0.3) is 0 Å². The summed E-state index contributed by atoms with van der Waals surface area (Å²) in [7, 11) is 0. The molecule has 0 unspecified atom stereocenters. The average molecular weight is 310 g/mol. The molecule has 0 bridgehead atoms. The molecule has 0 aliphatic rings. The van der Waals surface area contributed by atoms with Crippen molar-refractivity contribution in [2.45, 2.75) is 19.9 Å². The summed E-state index contributed by atoms with van der Waals surface area (Å²) in [5, 5.41) is 12.5. The Morgan fingerprint density at radius 3 is 2.36 bits per heavy atom. The third-order valence-corrected chi connectivity index (χ3v) is 2.61. The van der Waals surface area contributed by atoms with E-state index in [0.717, 1.165) is 12.1 Å². The SMILES string of the molecule is CC(C)NC(=O)c1ccc(Nc2ccc(F)c(F)c2F)nn1. The van der Waals surface area contributed by atoms with E-state index in [0.29, 0.717) is 0 Å². The molecule has 1 aromatic carbocycles. The lowest BCUT2D eigenvalue weighted by Gasteiger charge is -2.09. The van der Waals surface area contributed by atoms with Crippen LogP contribution in [-0.4, -0.2) is 22.1 Å². The number of nitrogens with zero attached hydrogens (tertiary/aromatic N) is 2. The summed E-state index contributed by atoms with van der Waals surface area (Å²) in [6, 6.07) is 4.53. The number of aromatic nitrogens is 2. The Bertz CT molecular complexity index is 689. The number of carbonyl (C=O) groups is 1. The predicted octanol–water partition coefficient (Wildman–Crippen LogP) is 2.78. The molecule has 0 aliphatic heterocycles. The highest BCUT2D eigenvalue weighted by Crippen LogP contribution is 2.22. The number of benzene rings is 1. The van der Waals surface area contributed by atoms with Crippen molar-refractivity contribution in [1.29, 1.82) is 0 Å². The largest absolute Gasteiger partial charge is 0.348 e. The van der Waals surface area contributed by atoms with Gasteiger partial charge in [0.1, 0.15) is 0 Å². The summed E-state index contributed by atoms with van der Waals surface area (Å²) in [4.78, 5) is 11.7. The number of rotatable bonds is 4. The fraction of sp³-hybridized carbons (Fsp3) is 0.214. The minimum absolute atomic E-state index is 0.0524. The molecule has 0 saturated heterocycles. The number of anilines is 2. The molecule has 8 heteroatoms. The number of hydrogen-bond donors (Lipinski definition) is 2. The molecule has 1 amide bonds. The maximum Gasteiger partial charge on any atom is 0.271 e. The van der Waals surface area contributed by atoms with E-state index in [1.807, 2.05) is 0 Å². The second-order valence-corrected chi connectivity index (χ2v) is 4.78. The third-order valence-electron chi connectivity index (χ3n) is 2.61. The number of nitrogens with one attached hydrogen (secondary N) is 2. The molecule has 1 heterocycles. The highest BCUT2D eigenvalue weighted by molar-refractivity contribution is 5.92. The van der Waals surface area contributed by atoms with Crippen molar-refractivity contribution in [1.82, 2.24) is 15.5 Å². The Morgan fingerprint density at radius 1 is 1.05 bits per heavy atom. The Labute approximate surface area is 124 Å². The monoisotopic (exact) mass is 310 g/mol. The summed E-state index contributed by atoms with van der Waals surface area (Å²) in [6.07, 6.45) is 0. The molecule has 0 radical (unpaired) electrons. The van der Waals surface area contributed by atoms with Gasteiger partial charge >= 0.3 is 0 Å². The zero-order valence-electron chi connectivity index (χ0n) is 11.8. The Hall–Kier alpha value is -2.64. The Kier molecular flexibility index (Phi) is 4.59. The molecule has 0 saturated carbocycles. The summed E-state index contributed by atoms with van der Waals surface area (Å²) in [6.45, 7) is 3.60. The number of amides is 1. The van der Waals surface area contributed by atoms with E-state index in [4.69, 9.17) is 0 Å². The van der Waals surface area contributed by atoms with Crippen LogP contribution in [0.2, 0.25) is 0 Å². The standard InChI is InChI=1S/C14H13F3N4O/c1-7(2)18-14(22)10-5-6-11(21-20-10)19-9-4-3-8(15)12(16)13(9)17/h3-7H,1-2H3,(H,18,22)(H,19,21). The van der Waals surface area contributed by atoms with Gasteiger partial charge in [0.15, 0.2) is 29.0 Å². The van der Waals surface area contributed by atoms with Crippen molar-refractivity contribution >= 4 is 17.4 Å². The highest BCUT2D eigenvalue weighted by Gasteiger charge is 2.14. The van der Waals surface area contributed by atoms with Crippen LogP contribution < -0.4 is 10.6 Å². The number of hydrogen-bond acceptors (Lipinski definition) is 4. The number of halogens is 3. The van der Waals surface area contributed by atoms with Crippen molar-refractivity contribution in [2.24, 2.45) is 0 Å². The van der Waals surface area contributed by atoms with Crippen molar-refractivity contribution in [3.8, 4) is 0 Å². The highest BCUT2D eigenvalue weighted by atomic mass is 19.2. The van der Waals surface area contributed by atoms with Crippen LogP contribution in [0.3, 0.4) is 0 Å². The van der Waals surface area contributed by atoms with Crippen LogP contribution in [0.5, 0.6) is 0 Å². The van der Waals surface area contributed by atoms with Crippen molar-refractivity contribution in [3.05, 3.63) is 47.4 Å². The lowest BCUT2D eigenvalue weighted by molar-refractivity contribution is 0.0937. The summed E-state index contributed by atoms with van der Waals surface area (Å²) in [5.74, 6) is -4.52. The molecule has 116 valence electrons. The fourth-order valence-corrected chi connectivity index (χ4v) is 1.62. The topological polar surface area (TPSA) is 66.9 Å². The van der Waals surface area contributed by atoms with E-state index in [2.05, 4.69) is 20.8 Å². The van der Waals surface area contributed by atoms with Gasteiger partial charge in [-0.2, -0.15) is 0 Å². The van der Waals surface area contributed by atoms with Gasteiger partial charge in [-0.1, -0.05) is 0 Å². The third kappa shape index (κ3) is 3.51. The Balaban J connectivity index is 2.15. The van der Waals surface area contributed by atoms with Crippen molar-refractivity contribution < 1.29 is 18.0 Å². The molecule has 2 N–H and O–H groups in total. The fourth-order valence-electron chi connectivity index (χ4n) is 1.62. The molecular formula is C14H13F3N4O. The lowest BCUT2D eigenvalue weighted by atomic mass is 10.2. The molecule has 0 spiro atoms. The average Bonchev–Trinajstić information content (AvgIpc) is 2.48. The van der Waals surface area contributed by atoms with Gasteiger partial charge in [-0.3, -0.25) is 4.79 Å². The molecule has 1 aromatic heterocycles. The first-order valence-electron chi connectivity index (χ1n) is 6.43. The zero-order valence-corrected chi connectivity index (χ0v) is 11.8. The van der Waals surface area contributed by atoms with Crippen molar-refractivity contribution in [3.63, 3.8) is 0 Å². The van der Waals surface area contributed by atoms with Crippen LogP contribution in [0.15, 0.2) is 24.3 Å². The van der Waals surface area contributed by atoms with Crippen molar-refractivity contribution in [2.75, 3.05) is 5.32 Å².